The van der Waals surface area contributed by atoms with Gasteiger partial charge in [-0.2, -0.15) is 0 Å². The van der Waals surface area contributed by atoms with E-state index in [4.69, 9.17) is 0 Å². The van der Waals surface area contributed by atoms with Crippen molar-refractivity contribution in [2.24, 2.45) is 0 Å². The van der Waals surface area contributed by atoms with E-state index in [-0.39, 0.29) is 30.4 Å². The zero-order valence-corrected chi connectivity index (χ0v) is 17.1. The van der Waals surface area contributed by atoms with Gasteiger partial charge in [-0.15, -0.1) is 12.4 Å². The summed E-state index contributed by atoms with van der Waals surface area (Å²) in [4.78, 5) is 33.2. The molecular formula is C20H26ClN5O2. The molecule has 2 aromatic rings. The smallest absolute Gasteiger partial charge is 0.318 e. The molecule has 1 atom stereocenters. The summed E-state index contributed by atoms with van der Waals surface area (Å²) in [5, 5.41) is 5.73. The molecule has 8 heteroatoms. The van der Waals surface area contributed by atoms with Crippen molar-refractivity contribution in [2.75, 3.05) is 23.8 Å². The van der Waals surface area contributed by atoms with E-state index in [9.17, 15) is 9.59 Å². The van der Waals surface area contributed by atoms with Crippen molar-refractivity contribution in [2.45, 2.75) is 32.9 Å². The Kier molecular flexibility index (Phi) is 7.37. The minimum atomic E-state index is -0.318. The summed E-state index contributed by atoms with van der Waals surface area (Å²) in [7, 11) is 1.73. The number of nitrogens with one attached hydrogen (secondary N) is 2. The molecule has 1 aromatic heterocycles. The highest BCUT2D eigenvalue weighted by Crippen LogP contribution is 2.34. The third-order valence-corrected chi connectivity index (χ3v) is 4.58. The Morgan fingerprint density at radius 3 is 2.57 bits per heavy atom. The molecule has 0 saturated carbocycles. The Morgan fingerprint density at radius 1 is 1.21 bits per heavy atom. The standard InChI is InChI=1S/C20H25N5O2.ClH/c1-4-12-24-13-16-17(25(20(24)27)15-8-6-5-7-9-15)10-11-18(22-16)23-19(26)14(2)21-3;/h5-11,14,21H,4,12-13H2,1-3H3,(H,22,23,26);1H. The van der Waals surface area contributed by atoms with Crippen LogP contribution >= 0.6 is 12.4 Å². The first-order valence-corrected chi connectivity index (χ1v) is 9.17. The summed E-state index contributed by atoms with van der Waals surface area (Å²) >= 11 is 0. The van der Waals surface area contributed by atoms with Crippen molar-refractivity contribution in [3.05, 3.63) is 48.2 Å². The van der Waals surface area contributed by atoms with Crippen LogP contribution in [-0.4, -0.2) is 41.5 Å². The second kappa shape index (κ2) is 9.52. The molecule has 1 aliphatic heterocycles. The Bertz CT molecular complexity index is 831. The summed E-state index contributed by atoms with van der Waals surface area (Å²) in [5.41, 5.74) is 2.31. The second-order valence-corrected chi connectivity index (χ2v) is 6.54. The number of hydrogen-bond acceptors (Lipinski definition) is 4. The molecule has 3 amide bonds. The molecule has 7 nitrogen and oxygen atoms in total. The third-order valence-electron chi connectivity index (χ3n) is 4.58. The molecule has 0 aliphatic carbocycles. The van der Waals surface area contributed by atoms with Crippen molar-refractivity contribution in [3.63, 3.8) is 0 Å². The first-order valence-electron chi connectivity index (χ1n) is 9.17. The number of urea groups is 1. The number of fused-ring (bicyclic) bond motifs is 1. The summed E-state index contributed by atoms with van der Waals surface area (Å²) in [6.45, 7) is 4.90. The Balaban J connectivity index is 0.00000280. The molecule has 0 spiro atoms. The number of carbonyl (C=O) groups is 2. The van der Waals surface area contributed by atoms with E-state index < -0.39 is 0 Å². The summed E-state index contributed by atoms with van der Waals surface area (Å²) in [6, 6.07) is 12.7. The highest BCUT2D eigenvalue weighted by atomic mass is 35.5. The van der Waals surface area contributed by atoms with Gasteiger partial charge in [0.25, 0.3) is 0 Å². The lowest BCUT2D eigenvalue weighted by atomic mass is 10.1. The van der Waals surface area contributed by atoms with Gasteiger partial charge < -0.3 is 15.5 Å². The van der Waals surface area contributed by atoms with Crippen LogP contribution in [0.2, 0.25) is 0 Å². The summed E-state index contributed by atoms with van der Waals surface area (Å²) in [5.74, 6) is 0.335. The van der Waals surface area contributed by atoms with Gasteiger partial charge in [0.05, 0.1) is 29.7 Å². The second-order valence-electron chi connectivity index (χ2n) is 6.54. The van der Waals surface area contributed by atoms with Gasteiger partial charge in [0.15, 0.2) is 0 Å². The van der Waals surface area contributed by atoms with E-state index in [0.717, 1.165) is 23.5 Å². The van der Waals surface area contributed by atoms with E-state index in [1.54, 1.807) is 29.8 Å². The molecule has 3 rings (SSSR count). The molecule has 2 N–H and O–H groups in total. The average Bonchev–Trinajstić information content (AvgIpc) is 2.69. The fourth-order valence-electron chi connectivity index (χ4n) is 3.01. The predicted molar refractivity (Wildman–Crippen MR) is 113 cm³/mol. The Morgan fingerprint density at radius 2 is 1.93 bits per heavy atom. The lowest BCUT2D eigenvalue weighted by molar-refractivity contribution is -0.117. The number of hydrogen-bond donors (Lipinski definition) is 2. The number of pyridine rings is 1. The molecule has 1 aromatic carbocycles. The van der Waals surface area contributed by atoms with Crippen molar-refractivity contribution in [1.29, 1.82) is 0 Å². The molecule has 0 radical (unpaired) electrons. The van der Waals surface area contributed by atoms with Crippen LogP contribution in [0.4, 0.5) is 22.0 Å². The largest absolute Gasteiger partial charge is 0.329 e. The number of nitrogens with zero attached hydrogens (tertiary/aromatic N) is 3. The van der Waals surface area contributed by atoms with Crippen LogP contribution in [0.5, 0.6) is 0 Å². The van der Waals surface area contributed by atoms with E-state index in [0.29, 0.717) is 18.9 Å². The fourth-order valence-corrected chi connectivity index (χ4v) is 3.01. The van der Waals surface area contributed by atoms with Gasteiger partial charge in [0.2, 0.25) is 5.91 Å². The SMILES string of the molecule is CCCN1Cc2nc(NC(=O)C(C)NC)ccc2N(c2ccccc2)C1=O.Cl. The van der Waals surface area contributed by atoms with Gasteiger partial charge >= 0.3 is 6.03 Å². The van der Waals surface area contributed by atoms with Crippen molar-refractivity contribution < 1.29 is 9.59 Å². The number of likely N-dealkylation sites (N-methyl/N-ethyl adjacent to an activating group) is 1. The third kappa shape index (κ3) is 4.43. The Hall–Kier alpha value is -2.64. The number of para-hydroxylation sites is 1. The number of anilines is 3. The number of amides is 3. The van der Waals surface area contributed by atoms with Crippen molar-refractivity contribution in [1.82, 2.24) is 15.2 Å². The van der Waals surface area contributed by atoms with Crippen LogP contribution in [0, 0.1) is 0 Å². The van der Waals surface area contributed by atoms with Crippen LogP contribution in [0.1, 0.15) is 26.0 Å². The Labute approximate surface area is 171 Å². The molecular weight excluding hydrogens is 378 g/mol. The van der Waals surface area contributed by atoms with Crippen LogP contribution in [0.25, 0.3) is 0 Å². The van der Waals surface area contributed by atoms with E-state index in [1.807, 2.05) is 43.3 Å². The van der Waals surface area contributed by atoms with E-state index in [2.05, 4.69) is 15.6 Å². The maximum Gasteiger partial charge on any atom is 0.329 e. The molecule has 0 bridgehead atoms. The number of benzene rings is 1. The number of rotatable bonds is 6. The quantitative estimate of drug-likeness (QED) is 0.773. The van der Waals surface area contributed by atoms with E-state index in [1.165, 1.54) is 0 Å². The minimum absolute atomic E-state index is 0. The molecule has 1 aliphatic rings. The van der Waals surface area contributed by atoms with Crippen molar-refractivity contribution >= 4 is 41.5 Å². The van der Waals surface area contributed by atoms with Crippen LogP contribution in [-0.2, 0) is 11.3 Å². The molecule has 28 heavy (non-hydrogen) atoms. The van der Waals surface area contributed by atoms with Gasteiger partial charge in [-0.05, 0) is 44.7 Å². The first-order chi connectivity index (χ1) is 13.0. The zero-order valence-electron chi connectivity index (χ0n) is 16.3. The lowest BCUT2D eigenvalue weighted by Crippen LogP contribution is -2.45. The van der Waals surface area contributed by atoms with Crippen molar-refractivity contribution in [3.8, 4) is 0 Å². The number of halogens is 1. The highest BCUT2D eigenvalue weighted by molar-refractivity contribution is 6.02. The predicted octanol–water partition coefficient (Wildman–Crippen LogP) is 3.53. The average molecular weight is 404 g/mol. The minimum Gasteiger partial charge on any atom is -0.318 e. The highest BCUT2D eigenvalue weighted by Gasteiger charge is 2.32. The summed E-state index contributed by atoms with van der Waals surface area (Å²) < 4.78 is 0. The number of aromatic nitrogens is 1. The van der Waals surface area contributed by atoms with Gasteiger partial charge in [-0.25, -0.2) is 9.78 Å². The normalized spacial score (nSPS) is 14.2. The first kappa shape index (κ1) is 21.7. The van der Waals surface area contributed by atoms with Gasteiger partial charge in [-0.3, -0.25) is 9.69 Å². The topological polar surface area (TPSA) is 77.6 Å². The molecule has 150 valence electrons. The monoisotopic (exact) mass is 403 g/mol. The maximum absolute atomic E-state index is 13.0. The maximum atomic E-state index is 13.0. The van der Waals surface area contributed by atoms with Crippen LogP contribution in [0.15, 0.2) is 42.5 Å². The summed E-state index contributed by atoms with van der Waals surface area (Å²) in [6.07, 6.45) is 0.861. The fraction of sp³-hybridized carbons (Fsp3) is 0.350. The van der Waals surface area contributed by atoms with Gasteiger partial charge in [0, 0.05) is 6.54 Å². The van der Waals surface area contributed by atoms with E-state index >= 15 is 0 Å². The van der Waals surface area contributed by atoms with Crippen LogP contribution < -0.4 is 15.5 Å². The van der Waals surface area contributed by atoms with Crippen LogP contribution in [0.3, 0.4) is 0 Å². The van der Waals surface area contributed by atoms with Gasteiger partial charge in [-0.1, -0.05) is 25.1 Å². The van der Waals surface area contributed by atoms with Gasteiger partial charge in [0.1, 0.15) is 5.82 Å². The molecule has 1 unspecified atom stereocenters. The molecule has 2 heterocycles. The molecule has 0 saturated heterocycles. The molecule has 0 fully saturated rings. The lowest BCUT2D eigenvalue weighted by Gasteiger charge is -2.36. The number of carbonyl (C=O) groups excluding carboxylic acids is 2. The zero-order chi connectivity index (χ0) is 19.4.